The molecule has 1 aromatic heterocycles. The summed E-state index contributed by atoms with van der Waals surface area (Å²) in [6.07, 6.45) is 3.11. The van der Waals surface area contributed by atoms with E-state index in [1.165, 1.54) is 17.2 Å². The average molecular weight is 333 g/mol. The number of nitrogens with zero attached hydrogens (tertiary/aromatic N) is 1. The van der Waals surface area contributed by atoms with E-state index in [2.05, 4.69) is 0 Å². The molecule has 1 amide bonds. The number of carbonyl (C=O) groups excluding carboxylic acids is 1. The second-order valence-electron chi connectivity index (χ2n) is 6.51. The van der Waals surface area contributed by atoms with Crippen LogP contribution >= 0.6 is 0 Å². The number of aliphatic hydroxyl groups is 1. The lowest BCUT2D eigenvalue weighted by molar-refractivity contribution is 0.0713. The van der Waals surface area contributed by atoms with Gasteiger partial charge in [-0.25, -0.2) is 8.78 Å². The number of carbonyl (C=O) groups is 1. The maximum Gasteiger partial charge on any atom is 0.258 e. The predicted octanol–water partition coefficient (Wildman–Crippen LogP) is 3.38. The van der Waals surface area contributed by atoms with E-state index in [-0.39, 0.29) is 18.4 Å². The summed E-state index contributed by atoms with van der Waals surface area (Å²) in [7, 11) is 0. The van der Waals surface area contributed by atoms with Gasteiger partial charge >= 0.3 is 0 Å². The van der Waals surface area contributed by atoms with Crippen LogP contribution in [0.4, 0.5) is 8.78 Å². The molecule has 1 aromatic carbocycles. The highest BCUT2D eigenvalue weighted by Crippen LogP contribution is 2.43. The third-order valence-corrected chi connectivity index (χ3v) is 4.74. The molecule has 6 heteroatoms. The maximum absolute atomic E-state index is 13.6. The molecule has 2 heterocycles. The Morgan fingerprint density at radius 2 is 2.00 bits per heavy atom. The fraction of sp³-hybridized carbons (Fsp3) is 0.389. The number of halogens is 2. The van der Waals surface area contributed by atoms with Crippen molar-refractivity contribution in [3.8, 4) is 0 Å². The number of likely N-dealkylation sites (tertiary alicyclic amines) is 1. The Labute approximate surface area is 137 Å². The van der Waals surface area contributed by atoms with E-state index < -0.39 is 23.8 Å². The van der Waals surface area contributed by atoms with Gasteiger partial charge < -0.3 is 14.4 Å². The van der Waals surface area contributed by atoms with Gasteiger partial charge in [0.2, 0.25) is 0 Å². The fourth-order valence-electron chi connectivity index (χ4n) is 3.39. The largest absolute Gasteiger partial charge is 0.468 e. The quantitative estimate of drug-likeness (QED) is 0.937. The van der Waals surface area contributed by atoms with Crippen molar-refractivity contribution in [2.24, 2.45) is 0 Å². The summed E-state index contributed by atoms with van der Waals surface area (Å²) >= 11 is 0. The van der Waals surface area contributed by atoms with Gasteiger partial charge in [-0.2, -0.15) is 0 Å². The van der Waals surface area contributed by atoms with Crippen molar-refractivity contribution >= 4 is 5.91 Å². The summed E-state index contributed by atoms with van der Waals surface area (Å²) < 4.78 is 32.2. The Bertz CT molecular complexity index is 784. The summed E-state index contributed by atoms with van der Waals surface area (Å²) in [5, 5.41) is 10.0. The zero-order valence-corrected chi connectivity index (χ0v) is 12.9. The maximum atomic E-state index is 13.6. The zero-order chi connectivity index (χ0) is 16.8. The van der Waals surface area contributed by atoms with E-state index >= 15 is 0 Å². The van der Waals surface area contributed by atoms with Gasteiger partial charge in [0.1, 0.15) is 5.76 Å². The van der Waals surface area contributed by atoms with E-state index in [1.807, 2.05) is 0 Å². The van der Waals surface area contributed by atoms with E-state index in [0.29, 0.717) is 23.3 Å². The summed E-state index contributed by atoms with van der Waals surface area (Å²) in [5.74, 6) is -1.15. The summed E-state index contributed by atoms with van der Waals surface area (Å²) in [6, 6.07) is 4.76. The molecule has 2 fully saturated rings. The van der Waals surface area contributed by atoms with Gasteiger partial charge in [-0.3, -0.25) is 4.79 Å². The van der Waals surface area contributed by atoms with E-state index in [0.717, 1.165) is 25.0 Å². The number of hydrogen-bond donors (Lipinski definition) is 1. The number of amides is 1. The number of β-amino-alcohol motifs (C(OH)–C–C–N with tert-alkyl or cyclic N) is 1. The Morgan fingerprint density at radius 3 is 2.71 bits per heavy atom. The number of rotatable bonds is 3. The van der Waals surface area contributed by atoms with Gasteiger partial charge in [-0.05, 0) is 43.0 Å². The van der Waals surface area contributed by atoms with Crippen LogP contribution in [-0.2, 0) is 0 Å². The number of benzene rings is 1. The van der Waals surface area contributed by atoms with Crippen molar-refractivity contribution in [1.29, 1.82) is 0 Å². The molecule has 0 radical (unpaired) electrons. The SMILES string of the molecule is O=C(c1ccoc1C1CC1)N1C[C@@H](O)C[C@@H]1c1ccc(F)c(F)c1. The fourth-order valence-corrected chi connectivity index (χ4v) is 3.39. The summed E-state index contributed by atoms with van der Waals surface area (Å²) in [5.41, 5.74) is 0.981. The molecule has 0 unspecified atom stereocenters. The number of aliphatic hydroxyl groups excluding tert-OH is 1. The molecular weight excluding hydrogens is 316 g/mol. The van der Waals surface area contributed by atoms with Gasteiger partial charge in [-0.15, -0.1) is 0 Å². The van der Waals surface area contributed by atoms with Gasteiger partial charge in [0.25, 0.3) is 5.91 Å². The highest BCUT2D eigenvalue weighted by Gasteiger charge is 2.39. The molecule has 1 aliphatic carbocycles. The molecule has 2 atom stereocenters. The van der Waals surface area contributed by atoms with Crippen LogP contribution in [0.25, 0.3) is 0 Å². The predicted molar refractivity (Wildman–Crippen MR) is 81.4 cm³/mol. The molecule has 2 aliphatic rings. The first-order valence-corrected chi connectivity index (χ1v) is 8.06. The molecule has 1 aliphatic heterocycles. The Morgan fingerprint density at radius 1 is 1.21 bits per heavy atom. The monoisotopic (exact) mass is 333 g/mol. The number of hydrogen-bond acceptors (Lipinski definition) is 3. The Kier molecular flexibility index (Phi) is 3.64. The molecule has 126 valence electrons. The van der Waals surface area contributed by atoms with Gasteiger partial charge in [0, 0.05) is 12.5 Å². The third kappa shape index (κ3) is 2.60. The van der Waals surface area contributed by atoms with Crippen molar-refractivity contribution in [3.05, 3.63) is 59.1 Å². The smallest absolute Gasteiger partial charge is 0.258 e. The lowest BCUT2D eigenvalue weighted by atomic mass is 10.0. The zero-order valence-electron chi connectivity index (χ0n) is 12.9. The first-order valence-electron chi connectivity index (χ1n) is 8.06. The molecule has 4 nitrogen and oxygen atoms in total. The van der Waals surface area contributed by atoms with E-state index in [9.17, 15) is 18.7 Å². The summed E-state index contributed by atoms with van der Waals surface area (Å²) in [4.78, 5) is 14.5. The lowest BCUT2D eigenvalue weighted by Gasteiger charge is -2.25. The molecule has 0 spiro atoms. The summed E-state index contributed by atoms with van der Waals surface area (Å²) in [6.45, 7) is 0.164. The molecule has 1 saturated heterocycles. The van der Waals surface area contributed by atoms with Crippen LogP contribution < -0.4 is 0 Å². The molecule has 2 aromatic rings. The topological polar surface area (TPSA) is 53.7 Å². The Hall–Kier alpha value is -2.21. The first-order chi connectivity index (χ1) is 11.5. The second-order valence-corrected chi connectivity index (χ2v) is 6.51. The van der Waals surface area contributed by atoms with E-state index in [4.69, 9.17) is 4.42 Å². The highest BCUT2D eigenvalue weighted by molar-refractivity contribution is 5.96. The van der Waals surface area contributed by atoms with Crippen molar-refractivity contribution < 1.29 is 23.1 Å². The molecule has 1 N–H and O–H groups in total. The van der Waals surface area contributed by atoms with Crippen LogP contribution in [0.1, 0.15) is 52.9 Å². The van der Waals surface area contributed by atoms with Crippen LogP contribution in [0.15, 0.2) is 34.9 Å². The third-order valence-electron chi connectivity index (χ3n) is 4.74. The Balaban J connectivity index is 1.65. The lowest BCUT2D eigenvalue weighted by Crippen LogP contribution is -2.32. The minimum atomic E-state index is -0.955. The molecule has 1 saturated carbocycles. The van der Waals surface area contributed by atoms with Crippen molar-refractivity contribution in [2.75, 3.05) is 6.54 Å². The highest BCUT2D eigenvalue weighted by atomic mass is 19.2. The van der Waals surface area contributed by atoms with Crippen LogP contribution in [0.5, 0.6) is 0 Å². The number of furan rings is 1. The van der Waals surface area contributed by atoms with Gasteiger partial charge in [0.05, 0.1) is 24.0 Å². The van der Waals surface area contributed by atoms with E-state index in [1.54, 1.807) is 6.07 Å². The molecule has 4 rings (SSSR count). The molecule has 0 bridgehead atoms. The van der Waals surface area contributed by atoms with Gasteiger partial charge in [0.15, 0.2) is 11.6 Å². The van der Waals surface area contributed by atoms with Crippen LogP contribution in [0.2, 0.25) is 0 Å². The minimum Gasteiger partial charge on any atom is -0.468 e. The molecular formula is C18H17F2NO3. The van der Waals surface area contributed by atoms with Gasteiger partial charge in [-0.1, -0.05) is 6.07 Å². The van der Waals surface area contributed by atoms with Crippen LogP contribution in [-0.4, -0.2) is 28.6 Å². The van der Waals surface area contributed by atoms with Crippen molar-refractivity contribution in [2.45, 2.75) is 37.3 Å². The normalized spacial score (nSPS) is 23.7. The first kappa shape index (κ1) is 15.3. The van der Waals surface area contributed by atoms with Crippen LogP contribution in [0, 0.1) is 11.6 Å². The molecule has 24 heavy (non-hydrogen) atoms. The standard InChI is InChI=1S/C18H17F2NO3/c19-14-4-3-11(7-15(14)20)16-8-12(22)9-21(16)18(23)13-5-6-24-17(13)10-1-2-10/h3-7,10,12,16,22H,1-2,8-9H2/t12-,16+/m0/s1. The second kappa shape index (κ2) is 5.70. The minimum absolute atomic E-state index is 0.164. The average Bonchev–Trinajstić information content (AvgIpc) is 3.15. The van der Waals surface area contributed by atoms with Crippen molar-refractivity contribution in [1.82, 2.24) is 4.90 Å². The van der Waals surface area contributed by atoms with Crippen molar-refractivity contribution in [3.63, 3.8) is 0 Å². The van der Waals surface area contributed by atoms with Crippen LogP contribution in [0.3, 0.4) is 0 Å².